The molecule has 4 nitrogen and oxygen atoms in total. The molecule has 1 aromatic rings. The van der Waals surface area contributed by atoms with E-state index in [2.05, 4.69) is 23.7 Å². The van der Waals surface area contributed by atoms with Crippen molar-refractivity contribution in [2.24, 2.45) is 0 Å². The third kappa shape index (κ3) is 2.21. The molecule has 2 heterocycles. The average molecular weight is 241 g/mol. The lowest BCUT2D eigenvalue weighted by Crippen LogP contribution is -2.44. The molecule has 0 radical (unpaired) electrons. The van der Waals surface area contributed by atoms with Gasteiger partial charge in [0.05, 0.1) is 4.88 Å². The van der Waals surface area contributed by atoms with Crippen LogP contribution >= 0.6 is 11.3 Å². The molecule has 0 aliphatic carbocycles. The van der Waals surface area contributed by atoms with Gasteiger partial charge in [-0.15, -0.1) is 0 Å². The highest BCUT2D eigenvalue weighted by molar-refractivity contribution is 7.15. The van der Waals surface area contributed by atoms with Crippen LogP contribution in [0.1, 0.15) is 31.6 Å². The predicted molar refractivity (Wildman–Crippen MR) is 66.4 cm³/mol. The van der Waals surface area contributed by atoms with Gasteiger partial charge in [0.25, 0.3) is 0 Å². The molecule has 16 heavy (non-hydrogen) atoms. The fourth-order valence-electron chi connectivity index (χ4n) is 2.16. The molecule has 1 aromatic heterocycles. The zero-order valence-electron chi connectivity index (χ0n) is 9.81. The summed E-state index contributed by atoms with van der Waals surface area (Å²) in [6, 6.07) is 0.552. The highest BCUT2D eigenvalue weighted by atomic mass is 32.1. The summed E-state index contributed by atoms with van der Waals surface area (Å²) in [5, 5.41) is 11.1. The van der Waals surface area contributed by atoms with Crippen LogP contribution in [0, 0.1) is 0 Å². The lowest BCUT2D eigenvalue weighted by atomic mass is 9.90. The van der Waals surface area contributed by atoms with Crippen LogP contribution in [0.25, 0.3) is 0 Å². The Labute approximate surface area is 100 Å². The van der Waals surface area contributed by atoms with Crippen LogP contribution in [-0.2, 0) is 5.60 Å². The summed E-state index contributed by atoms with van der Waals surface area (Å²) < 4.78 is 0. The number of aliphatic hydroxyl groups is 1. The van der Waals surface area contributed by atoms with Gasteiger partial charge in [-0.2, -0.15) is 0 Å². The Kier molecular flexibility index (Phi) is 3.19. The first-order valence-corrected chi connectivity index (χ1v) is 6.51. The third-order valence-electron chi connectivity index (χ3n) is 3.34. The Balaban J connectivity index is 2.06. The first kappa shape index (κ1) is 11.8. The second-order valence-corrected chi connectivity index (χ2v) is 5.79. The van der Waals surface area contributed by atoms with Gasteiger partial charge in [0, 0.05) is 25.3 Å². The highest BCUT2D eigenvalue weighted by Crippen LogP contribution is 2.36. The largest absolute Gasteiger partial charge is 0.384 e. The van der Waals surface area contributed by atoms with Gasteiger partial charge in [0.2, 0.25) is 0 Å². The quantitative estimate of drug-likeness (QED) is 0.822. The van der Waals surface area contributed by atoms with E-state index in [0.29, 0.717) is 11.2 Å². The third-order valence-corrected chi connectivity index (χ3v) is 4.36. The summed E-state index contributed by atoms with van der Waals surface area (Å²) in [7, 11) is 0. The van der Waals surface area contributed by atoms with E-state index in [4.69, 9.17) is 5.73 Å². The number of hydrogen-bond acceptors (Lipinski definition) is 5. The van der Waals surface area contributed by atoms with Gasteiger partial charge >= 0.3 is 0 Å². The number of nitrogen functional groups attached to an aromatic ring is 1. The average Bonchev–Trinajstić information content (AvgIpc) is 2.66. The number of piperidine rings is 1. The summed E-state index contributed by atoms with van der Waals surface area (Å²) in [6.45, 7) is 6.25. The number of thiazole rings is 1. The lowest BCUT2D eigenvalue weighted by molar-refractivity contribution is -0.0297. The summed E-state index contributed by atoms with van der Waals surface area (Å²) in [4.78, 5) is 7.31. The zero-order valence-corrected chi connectivity index (χ0v) is 10.6. The van der Waals surface area contributed by atoms with Crippen molar-refractivity contribution in [2.75, 3.05) is 18.8 Å². The number of nitrogens with zero attached hydrogens (tertiary/aromatic N) is 2. The molecule has 0 atom stereocenters. The summed E-state index contributed by atoms with van der Waals surface area (Å²) in [6.07, 6.45) is 3.25. The van der Waals surface area contributed by atoms with E-state index in [9.17, 15) is 5.11 Å². The molecular weight excluding hydrogens is 222 g/mol. The topological polar surface area (TPSA) is 62.4 Å². The Morgan fingerprint density at radius 3 is 2.56 bits per heavy atom. The molecule has 0 amide bonds. The number of nitrogens with two attached hydrogens (primary N) is 1. The molecule has 90 valence electrons. The standard InChI is InChI=1S/C11H19N3OS/c1-8(2)14-5-3-11(15,4-6-14)9-7-13-10(12)16-9/h7-8,15H,3-6H2,1-2H3,(H2,12,13). The van der Waals surface area contributed by atoms with Crippen molar-refractivity contribution in [3.63, 3.8) is 0 Å². The van der Waals surface area contributed by atoms with Crippen LogP contribution in [-0.4, -0.2) is 34.1 Å². The van der Waals surface area contributed by atoms with Crippen LogP contribution in [0.2, 0.25) is 0 Å². The summed E-state index contributed by atoms with van der Waals surface area (Å²) in [5.41, 5.74) is 4.90. The van der Waals surface area contributed by atoms with Crippen molar-refractivity contribution in [3.05, 3.63) is 11.1 Å². The number of hydrogen-bond donors (Lipinski definition) is 2. The minimum absolute atomic E-state index is 0.537. The molecule has 1 aliphatic rings. The SMILES string of the molecule is CC(C)N1CCC(O)(c2cnc(N)s2)CC1. The van der Waals surface area contributed by atoms with Gasteiger partial charge in [0.15, 0.2) is 5.13 Å². The molecule has 0 aromatic carbocycles. The predicted octanol–water partition coefficient (Wildman–Crippen LogP) is 1.42. The zero-order chi connectivity index (χ0) is 11.8. The van der Waals surface area contributed by atoms with Crippen LogP contribution < -0.4 is 5.73 Å². The van der Waals surface area contributed by atoms with Crippen LogP contribution in [0.15, 0.2) is 6.20 Å². The molecular formula is C11H19N3OS. The molecule has 5 heteroatoms. The molecule has 0 spiro atoms. The van der Waals surface area contributed by atoms with Crippen molar-refractivity contribution >= 4 is 16.5 Å². The molecule has 0 saturated carbocycles. The van der Waals surface area contributed by atoms with Crippen molar-refractivity contribution in [1.29, 1.82) is 0 Å². The normalized spacial score (nSPS) is 21.5. The maximum atomic E-state index is 10.5. The van der Waals surface area contributed by atoms with Gasteiger partial charge in [-0.1, -0.05) is 11.3 Å². The number of likely N-dealkylation sites (tertiary alicyclic amines) is 1. The minimum Gasteiger partial charge on any atom is -0.384 e. The summed E-state index contributed by atoms with van der Waals surface area (Å²) >= 11 is 1.40. The smallest absolute Gasteiger partial charge is 0.180 e. The molecule has 2 rings (SSSR count). The fourth-order valence-corrected chi connectivity index (χ4v) is 2.99. The monoisotopic (exact) mass is 241 g/mol. The fraction of sp³-hybridized carbons (Fsp3) is 0.727. The first-order chi connectivity index (χ1) is 7.51. The second kappa shape index (κ2) is 4.31. The maximum Gasteiger partial charge on any atom is 0.180 e. The van der Waals surface area contributed by atoms with E-state index in [-0.39, 0.29) is 0 Å². The number of aromatic nitrogens is 1. The van der Waals surface area contributed by atoms with Gasteiger partial charge < -0.3 is 15.7 Å². The Morgan fingerprint density at radius 1 is 1.50 bits per heavy atom. The molecule has 1 saturated heterocycles. The molecule has 0 unspecified atom stereocenters. The number of anilines is 1. The van der Waals surface area contributed by atoms with E-state index >= 15 is 0 Å². The Hall–Kier alpha value is -0.650. The molecule has 1 aliphatic heterocycles. The van der Waals surface area contributed by atoms with E-state index in [1.165, 1.54) is 11.3 Å². The maximum absolute atomic E-state index is 10.5. The van der Waals surface area contributed by atoms with Gasteiger partial charge in [0.1, 0.15) is 5.60 Å². The molecule has 1 fully saturated rings. The molecule has 0 bridgehead atoms. The second-order valence-electron chi connectivity index (χ2n) is 4.72. The highest BCUT2D eigenvalue weighted by Gasteiger charge is 2.36. The van der Waals surface area contributed by atoms with Crippen LogP contribution in [0.5, 0.6) is 0 Å². The first-order valence-electron chi connectivity index (χ1n) is 5.69. The van der Waals surface area contributed by atoms with E-state index < -0.39 is 5.60 Å². The lowest BCUT2D eigenvalue weighted by Gasteiger charge is -2.39. The van der Waals surface area contributed by atoms with Crippen molar-refractivity contribution in [2.45, 2.75) is 38.3 Å². The van der Waals surface area contributed by atoms with Crippen LogP contribution in [0.4, 0.5) is 5.13 Å². The van der Waals surface area contributed by atoms with Crippen molar-refractivity contribution in [3.8, 4) is 0 Å². The van der Waals surface area contributed by atoms with Gasteiger partial charge in [-0.05, 0) is 26.7 Å². The van der Waals surface area contributed by atoms with E-state index in [0.717, 1.165) is 30.8 Å². The number of rotatable bonds is 2. The van der Waals surface area contributed by atoms with Gasteiger partial charge in [-0.25, -0.2) is 4.98 Å². The molecule has 3 N–H and O–H groups in total. The van der Waals surface area contributed by atoms with Crippen molar-refractivity contribution in [1.82, 2.24) is 9.88 Å². The van der Waals surface area contributed by atoms with Crippen LogP contribution in [0.3, 0.4) is 0 Å². The Morgan fingerprint density at radius 2 is 2.12 bits per heavy atom. The summed E-state index contributed by atoms with van der Waals surface area (Å²) in [5.74, 6) is 0. The van der Waals surface area contributed by atoms with Gasteiger partial charge in [-0.3, -0.25) is 0 Å². The van der Waals surface area contributed by atoms with E-state index in [1.807, 2.05) is 0 Å². The minimum atomic E-state index is -0.708. The van der Waals surface area contributed by atoms with E-state index in [1.54, 1.807) is 6.20 Å². The Bertz CT molecular complexity index is 356. The van der Waals surface area contributed by atoms with Crippen molar-refractivity contribution < 1.29 is 5.11 Å².